The van der Waals surface area contributed by atoms with Crippen molar-refractivity contribution in [3.63, 3.8) is 0 Å². The molecule has 2 aromatic heterocycles. The molecule has 1 aliphatic carbocycles. The minimum Gasteiger partial charge on any atom is -0.311 e. The fourth-order valence-electron chi connectivity index (χ4n) is 15.4. The van der Waals surface area contributed by atoms with Gasteiger partial charge in [0.1, 0.15) is 0 Å². The average Bonchev–Trinajstić information content (AvgIpc) is 1.59. The Hall–Kier alpha value is -11.7. The van der Waals surface area contributed by atoms with E-state index in [4.69, 9.17) is 0 Å². The van der Waals surface area contributed by atoms with Crippen LogP contribution in [0, 0.1) is 0 Å². The SMILES string of the molecule is CC1(C)CC(C)(c2ccc(-c3ccc(N(c4ccc(-c5ccccc5)cc4)c4ccc(-n5c6ccccc6c6ccccc65)cc4)cc3)cc2)c2cc(-c3ccc(N(c4ccc(-c5ccccc5)cc4)c4ccc(-n5c6ccccc6c6ccccc65)cc4)cc3)ccc21. The highest BCUT2D eigenvalue weighted by Crippen LogP contribution is 2.54. The lowest BCUT2D eigenvalue weighted by Gasteiger charge is -2.29. The molecule has 448 valence electrons. The fourth-order valence-corrected chi connectivity index (χ4v) is 15.4. The van der Waals surface area contributed by atoms with Crippen molar-refractivity contribution in [3.05, 3.63) is 362 Å². The van der Waals surface area contributed by atoms with Gasteiger partial charge in [0.25, 0.3) is 0 Å². The standard InChI is InChI=1S/C90H68N4/c1-89(2)61-90(3,70-41-30-64(31-42-70)67-36-47-73(48-37-67)91(71-43-32-65(33-44-71)62-18-6-4-7-19-62)75-51-55-77(56-52-75)93-85-26-14-10-22-79(85)80-23-11-15-27-86(80)93)84-60-69(40-59-83(84)89)68-38-49-74(50-39-68)92(72-45-34-66(35-46-72)63-20-8-5-9-21-63)76-53-57-78(58-54-76)94-87-28-16-12-24-81(87)82-25-13-17-29-88(82)94/h4-60H,61H2,1-3H3. The summed E-state index contributed by atoms with van der Waals surface area (Å²) in [6.07, 6.45) is 1.02. The molecule has 4 nitrogen and oxygen atoms in total. The molecule has 0 radical (unpaired) electrons. The van der Waals surface area contributed by atoms with Crippen LogP contribution in [0.2, 0.25) is 0 Å². The lowest BCUT2D eigenvalue weighted by atomic mass is 9.74. The second-order valence-electron chi connectivity index (χ2n) is 26.1. The first-order chi connectivity index (χ1) is 46.2. The van der Waals surface area contributed by atoms with Crippen LogP contribution in [0.1, 0.15) is 43.9 Å². The van der Waals surface area contributed by atoms with Gasteiger partial charge >= 0.3 is 0 Å². The van der Waals surface area contributed by atoms with Gasteiger partial charge in [0.15, 0.2) is 0 Å². The Labute approximate surface area is 549 Å². The van der Waals surface area contributed by atoms with E-state index < -0.39 is 0 Å². The van der Waals surface area contributed by atoms with Gasteiger partial charge in [-0.3, -0.25) is 0 Å². The highest BCUT2D eigenvalue weighted by Gasteiger charge is 2.46. The predicted molar refractivity (Wildman–Crippen MR) is 397 cm³/mol. The van der Waals surface area contributed by atoms with Gasteiger partial charge in [0, 0.05) is 72.5 Å². The summed E-state index contributed by atoms with van der Waals surface area (Å²) in [5.41, 5.74) is 27.1. The second kappa shape index (κ2) is 22.9. The zero-order valence-electron chi connectivity index (χ0n) is 52.9. The van der Waals surface area contributed by atoms with Crippen molar-refractivity contribution in [2.24, 2.45) is 0 Å². The Bertz CT molecular complexity index is 5330. The van der Waals surface area contributed by atoms with Crippen molar-refractivity contribution in [3.8, 4) is 55.9 Å². The average molecular weight is 1210 g/mol. The van der Waals surface area contributed by atoms with Crippen molar-refractivity contribution >= 4 is 77.7 Å². The minimum atomic E-state index is -0.196. The molecular formula is C90H68N4. The largest absolute Gasteiger partial charge is 0.311 e. The minimum absolute atomic E-state index is 0.00622. The van der Waals surface area contributed by atoms with E-state index in [2.05, 4.69) is 385 Å². The van der Waals surface area contributed by atoms with Crippen molar-refractivity contribution in [2.45, 2.75) is 38.0 Å². The number of fused-ring (bicyclic) bond motifs is 7. The molecule has 0 N–H and O–H groups in total. The molecule has 1 aliphatic rings. The van der Waals surface area contributed by atoms with Crippen LogP contribution < -0.4 is 9.80 Å². The monoisotopic (exact) mass is 1200 g/mol. The summed E-state index contributed by atoms with van der Waals surface area (Å²) in [5, 5.41) is 5.03. The Balaban J connectivity index is 0.663. The zero-order chi connectivity index (χ0) is 62.9. The van der Waals surface area contributed by atoms with Crippen molar-refractivity contribution in [2.75, 3.05) is 9.80 Å². The highest BCUT2D eigenvalue weighted by molar-refractivity contribution is 6.10. The van der Waals surface area contributed by atoms with Crippen LogP contribution in [0.4, 0.5) is 34.1 Å². The molecule has 4 heteroatoms. The van der Waals surface area contributed by atoms with Crippen LogP contribution in [0.25, 0.3) is 99.5 Å². The molecule has 0 amide bonds. The molecular weight excluding hydrogens is 1140 g/mol. The smallest absolute Gasteiger partial charge is 0.0541 e. The van der Waals surface area contributed by atoms with Crippen molar-refractivity contribution in [1.82, 2.24) is 9.13 Å². The van der Waals surface area contributed by atoms with Gasteiger partial charge < -0.3 is 18.9 Å². The summed E-state index contributed by atoms with van der Waals surface area (Å²) in [6.45, 7) is 7.29. The molecule has 1 unspecified atom stereocenters. The molecule has 1 atom stereocenters. The number of para-hydroxylation sites is 4. The molecule has 14 aromatic carbocycles. The number of hydrogen-bond acceptors (Lipinski definition) is 2. The third-order valence-electron chi connectivity index (χ3n) is 19.9. The quantitative estimate of drug-likeness (QED) is 0.114. The fraction of sp³-hybridized carbons (Fsp3) is 0.0667. The summed E-state index contributed by atoms with van der Waals surface area (Å²) in [6, 6.07) is 127. The van der Waals surface area contributed by atoms with Gasteiger partial charge in [-0.25, -0.2) is 0 Å². The molecule has 16 aromatic rings. The van der Waals surface area contributed by atoms with E-state index in [1.807, 2.05) is 0 Å². The summed E-state index contributed by atoms with van der Waals surface area (Å²) in [7, 11) is 0. The van der Waals surface area contributed by atoms with Crippen molar-refractivity contribution in [1.29, 1.82) is 0 Å². The molecule has 0 saturated carbocycles. The highest BCUT2D eigenvalue weighted by atomic mass is 15.1. The first-order valence-corrected chi connectivity index (χ1v) is 32.8. The predicted octanol–water partition coefficient (Wildman–Crippen LogP) is 24.5. The number of nitrogens with zero attached hydrogens (tertiary/aromatic N) is 4. The third-order valence-corrected chi connectivity index (χ3v) is 19.9. The number of rotatable bonds is 13. The molecule has 0 fully saturated rings. The van der Waals surface area contributed by atoms with Crippen molar-refractivity contribution < 1.29 is 0 Å². The van der Waals surface area contributed by atoms with Gasteiger partial charge in [-0.2, -0.15) is 0 Å². The Morgan fingerprint density at radius 1 is 0.245 bits per heavy atom. The summed E-state index contributed by atoms with van der Waals surface area (Å²) >= 11 is 0. The van der Waals surface area contributed by atoms with Gasteiger partial charge in [0.05, 0.1) is 22.1 Å². The van der Waals surface area contributed by atoms with Crippen LogP contribution >= 0.6 is 0 Å². The summed E-state index contributed by atoms with van der Waals surface area (Å²) < 4.78 is 4.77. The lowest BCUT2D eigenvalue weighted by Crippen LogP contribution is -2.23. The van der Waals surface area contributed by atoms with E-state index in [0.717, 1.165) is 51.9 Å². The van der Waals surface area contributed by atoms with Gasteiger partial charge in [0.2, 0.25) is 0 Å². The first kappa shape index (κ1) is 56.3. The molecule has 94 heavy (non-hydrogen) atoms. The zero-order valence-corrected chi connectivity index (χ0v) is 52.9. The molecule has 2 heterocycles. The summed E-state index contributed by atoms with van der Waals surface area (Å²) in [5.74, 6) is 0. The Morgan fingerprint density at radius 3 is 0.851 bits per heavy atom. The number of anilines is 6. The van der Waals surface area contributed by atoms with E-state index in [1.54, 1.807) is 0 Å². The lowest BCUT2D eigenvalue weighted by molar-refractivity contribution is 0.425. The Kier molecular flexibility index (Phi) is 13.7. The van der Waals surface area contributed by atoms with E-state index in [0.29, 0.717) is 0 Å². The van der Waals surface area contributed by atoms with E-state index in [-0.39, 0.29) is 10.8 Å². The Morgan fingerprint density at radius 2 is 0.511 bits per heavy atom. The van der Waals surface area contributed by atoms with E-state index in [9.17, 15) is 0 Å². The maximum atomic E-state index is 2.48. The number of benzene rings is 14. The molecule has 17 rings (SSSR count). The number of hydrogen-bond donors (Lipinski definition) is 0. The summed E-state index contributed by atoms with van der Waals surface area (Å²) in [4.78, 5) is 4.75. The molecule has 0 spiro atoms. The van der Waals surface area contributed by atoms with Crippen LogP contribution in [0.3, 0.4) is 0 Å². The normalized spacial score (nSPS) is 14.2. The van der Waals surface area contributed by atoms with E-state index in [1.165, 1.54) is 105 Å². The molecule has 0 bridgehead atoms. The van der Waals surface area contributed by atoms with E-state index >= 15 is 0 Å². The second-order valence-corrected chi connectivity index (χ2v) is 26.1. The van der Waals surface area contributed by atoms with Gasteiger partial charge in [-0.15, -0.1) is 0 Å². The molecule has 0 saturated heterocycles. The van der Waals surface area contributed by atoms with Crippen LogP contribution in [0.15, 0.2) is 346 Å². The maximum absolute atomic E-state index is 2.48. The first-order valence-electron chi connectivity index (χ1n) is 32.8. The van der Waals surface area contributed by atoms with Crippen LogP contribution in [-0.4, -0.2) is 9.13 Å². The third kappa shape index (κ3) is 9.77. The van der Waals surface area contributed by atoms with Crippen LogP contribution in [-0.2, 0) is 10.8 Å². The van der Waals surface area contributed by atoms with Gasteiger partial charge in [-0.1, -0.05) is 239 Å². The number of aromatic nitrogens is 2. The maximum Gasteiger partial charge on any atom is 0.0541 e. The topological polar surface area (TPSA) is 16.3 Å². The van der Waals surface area contributed by atoms with Crippen LogP contribution in [0.5, 0.6) is 0 Å². The van der Waals surface area contributed by atoms with Gasteiger partial charge in [-0.05, 0) is 200 Å². The molecule has 0 aliphatic heterocycles.